The van der Waals surface area contributed by atoms with Gasteiger partial charge < -0.3 is 10.6 Å². The van der Waals surface area contributed by atoms with Crippen molar-refractivity contribution in [2.24, 2.45) is 17.6 Å². The summed E-state index contributed by atoms with van der Waals surface area (Å²) in [5.41, 5.74) is 5.31. The lowest BCUT2D eigenvalue weighted by molar-refractivity contribution is -0.187. The molecule has 3 nitrogen and oxygen atoms in total. The molecule has 7 heteroatoms. The molecule has 0 heterocycles. The van der Waals surface area contributed by atoms with E-state index >= 15 is 0 Å². The van der Waals surface area contributed by atoms with Crippen LogP contribution in [0.25, 0.3) is 0 Å². The molecule has 1 saturated carbocycles. The number of carbonyl (C=O) groups excluding carboxylic acids is 1. The summed E-state index contributed by atoms with van der Waals surface area (Å²) in [4.78, 5) is 13.4. The Balaban J connectivity index is 2.61. The molecule has 0 aromatic heterocycles. The van der Waals surface area contributed by atoms with E-state index in [0.717, 1.165) is 0 Å². The summed E-state index contributed by atoms with van der Waals surface area (Å²) in [7, 11) is 1.51. The summed E-state index contributed by atoms with van der Waals surface area (Å²) in [5, 5.41) is 0. The van der Waals surface area contributed by atoms with Crippen molar-refractivity contribution < 1.29 is 18.0 Å². The minimum absolute atomic E-state index is 0.112. The quantitative estimate of drug-likeness (QED) is 0.806. The van der Waals surface area contributed by atoms with Crippen LogP contribution in [-0.2, 0) is 4.79 Å². The number of nitrogens with two attached hydrogens (primary N) is 1. The molecule has 1 fully saturated rings. The zero-order valence-corrected chi connectivity index (χ0v) is 11.0. The van der Waals surface area contributed by atoms with Gasteiger partial charge in [-0.05, 0) is 19.3 Å². The second-order valence-electron chi connectivity index (χ2n) is 4.76. The summed E-state index contributed by atoms with van der Waals surface area (Å²) in [6, 6.07) is 0. The van der Waals surface area contributed by atoms with Crippen molar-refractivity contribution in [2.45, 2.75) is 31.9 Å². The first-order valence-corrected chi connectivity index (χ1v) is 6.22. The molecule has 2 atom stereocenters. The smallest absolute Gasteiger partial charge is 0.391 e. The lowest BCUT2D eigenvalue weighted by atomic mass is 9.80. The molecule has 2 N–H and O–H groups in total. The Morgan fingerprint density at radius 1 is 1.44 bits per heavy atom. The van der Waals surface area contributed by atoms with E-state index in [2.05, 4.69) is 12.2 Å². The van der Waals surface area contributed by atoms with Crippen molar-refractivity contribution in [1.29, 1.82) is 0 Å². The second kappa shape index (κ2) is 5.86. The number of likely N-dealkylation sites (N-methyl/N-ethyl adjacent to an activating group) is 1. The predicted octanol–water partition coefficient (Wildman–Crippen LogP) is 2.10. The van der Waals surface area contributed by atoms with Gasteiger partial charge in [-0.1, -0.05) is 18.6 Å². The maximum Gasteiger partial charge on any atom is 0.391 e. The Bertz CT molecular complexity index is 333. The number of carbonyl (C=O) groups is 1. The van der Waals surface area contributed by atoms with Gasteiger partial charge in [0.15, 0.2) is 0 Å². The zero-order chi connectivity index (χ0) is 13.9. The number of amides is 1. The average Bonchev–Trinajstić information content (AvgIpc) is 2.26. The highest BCUT2D eigenvalue weighted by atomic mass is 32.1. The van der Waals surface area contributed by atoms with Gasteiger partial charge in [-0.2, -0.15) is 13.2 Å². The Labute approximate surface area is 109 Å². The Kier molecular flexibility index (Phi) is 4.95. The SMILES string of the molecule is CN(CC(N)=S)C(=O)C1CCCC(C(F)(F)F)C1. The first-order valence-electron chi connectivity index (χ1n) is 5.81. The van der Waals surface area contributed by atoms with Crippen LogP contribution in [0.5, 0.6) is 0 Å². The van der Waals surface area contributed by atoms with Crippen LogP contribution < -0.4 is 5.73 Å². The minimum atomic E-state index is -4.21. The minimum Gasteiger partial charge on any atom is -0.392 e. The van der Waals surface area contributed by atoms with Crippen LogP contribution in [0.3, 0.4) is 0 Å². The van der Waals surface area contributed by atoms with Crippen LogP contribution >= 0.6 is 12.2 Å². The first kappa shape index (κ1) is 15.2. The lowest BCUT2D eigenvalue weighted by Crippen LogP contribution is -2.41. The molecule has 18 heavy (non-hydrogen) atoms. The maximum atomic E-state index is 12.6. The normalized spacial score (nSPS) is 24.7. The average molecular weight is 282 g/mol. The topological polar surface area (TPSA) is 46.3 Å². The van der Waals surface area contributed by atoms with Crippen LogP contribution in [0.1, 0.15) is 25.7 Å². The number of hydrogen-bond acceptors (Lipinski definition) is 2. The Hall–Kier alpha value is -0.850. The highest BCUT2D eigenvalue weighted by Gasteiger charge is 2.43. The highest BCUT2D eigenvalue weighted by molar-refractivity contribution is 7.80. The van der Waals surface area contributed by atoms with Gasteiger partial charge in [0.05, 0.1) is 17.5 Å². The van der Waals surface area contributed by atoms with Gasteiger partial charge in [0.1, 0.15) is 0 Å². The van der Waals surface area contributed by atoms with Gasteiger partial charge in [-0.15, -0.1) is 0 Å². The fourth-order valence-corrected chi connectivity index (χ4v) is 2.53. The van der Waals surface area contributed by atoms with Gasteiger partial charge in [0, 0.05) is 13.0 Å². The van der Waals surface area contributed by atoms with Crippen molar-refractivity contribution >= 4 is 23.1 Å². The molecule has 0 aliphatic heterocycles. The molecule has 0 saturated heterocycles. The molecular formula is C11H17F3N2OS. The van der Waals surface area contributed by atoms with Crippen LogP contribution in [-0.4, -0.2) is 35.6 Å². The van der Waals surface area contributed by atoms with Crippen molar-refractivity contribution in [1.82, 2.24) is 4.90 Å². The van der Waals surface area contributed by atoms with E-state index in [9.17, 15) is 18.0 Å². The molecule has 0 spiro atoms. The number of hydrogen-bond donors (Lipinski definition) is 1. The van der Waals surface area contributed by atoms with E-state index < -0.39 is 18.0 Å². The lowest BCUT2D eigenvalue weighted by Gasteiger charge is -2.32. The molecule has 0 aromatic rings. The molecule has 1 amide bonds. The second-order valence-corrected chi connectivity index (χ2v) is 5.29. The number of rotatable bonds is 3. The third kappa shape index (κ3) is 4.12. The van der Waals surface area contributed by atoms with Gasteiger partial charge in [-0.3, -0.25) is 4.79 Å². The predicted molar refractivity (Wildman–Crippen MR) is 65.9 cm³/mol. The number of halogens is 3. The molecule has 104 valence electrons. The van der Waals surface area contributed by atoms with Crippen LogP contribution in [0.15, 0.2) is 0 Å². The van der Waals surface area contributed by atoms with E-state index in [1.54, 1.807) is 0 Å². The molecule has 0 bridgehead atoms. The molecule has 0 aromatic carbocycles. The van der Waals surface area contributed by atoms with E-state index in [-0.39, 0.29) is 30.3 Å². The van der Waals surface area contributed by atoms with Gasteiger partial charge in [0.25, 0.3) is 0 Å². The first-order chi connectivity index (χ1) is 8.21. The monoisotopic (exact) mass is 282 g/mol. The Morgan fingerprint density at radius 2 is 2.06 bits per heavy atom. The third-order valence-electron chi connectivity index (χ3n) is 3.26. The molecule has 1 rings (SSSR count). The maximum absolute atomic E-state index is 12.6. The summed E-state index contributed by atoms with van der Waals surface area (Å²) >= 11 is 4.68. The summed E-state index contributed by atoms with van der Waals surface area (Å²) in [6.45, 7) is 0.112. The largest absolute Gasteiger partial charge is 0.392 e. The molecular weight excluding hydrogens is 265 g/mol. The molecule has 1 aliphatic rings. The van der Waals surface area contributed by atoms with E-state index in [1.165, 1.54) is 11.9 Å². The fourth-order valence-electron chi connectivity index (χ4n) is 2.33. The molecule has 2 unspecified atom stereocenters. The van der Waals surface area contributed by atoms with Crippen molar-refractivity contribution in [3.05, 3.63) is 0 Å². The standard InChI is InChI=1S/C11H17F3N2OS/c1-16(6-9(15)18)10(17)7-3-2-4-8(5-7)11(12,13)14/h7-8H,2-6H2,1H3,(H2,15,18). The number of thiocarbonyl (C=S) groups is 1. The van der Waals surface area contributed by atoms with Crippen LogP contribution in [0.2, 0.25) is 0 Å². The summed E-state index contributed by atoms with van der Waals surface area (Å²) in [6.07, 6.45) is -3.27. The summed E-state index contributed by atoms with van der Waals surface area (Å²) < 4.78 is 37.9. The van der Waals surface area contributed by atoms with Gasteiger partial charge >= 0.3 is 6.18 Å². The fraction of sp³-hybridized carbons (Fsp3) is 0.818. The van der Waals surface area contributed by atoms with Crippen LogP contribution in [0, 0.1) is 11.8 Å². The van der Waals surface area contributed by atoms with Gasteiger partial charge in [-0.25, -0.2) is 0 Å². The van der Waals surface area contributed by atoms with Gasteiger partial charge in [0.2, 0.25) is 5.91 Å². The van der Waals surface area contributed by atoms with Crippen molar-refractivity contribution in [3.63, 3.8) is 0 Å². The van der Waals surface area contributed by atoms with E-state index in [4.69, 9.17) is 5.73 Å². The number of alkyl halides is 3. The van der Waals surface area contributed by atoms with Crippen molar-refractivity contribution in [3.8, 4) is 0 Å². The molecule has 0 radical (unpaired) electrons. The highest BCUT2D eigenvalue weighted by Crippen LogP contribution is 2.40. The van der Waals surface area contributed by atoms with Crippen molar-refractivity contribution in [2.75, 3.05) is 13.6 Å². The number of nitrogens with zero attached hydrogens (tertiary/aromatic N) is 1. The van der Waals surface area contributed by atoms with E-state index in [1.807, 2.05) is 0 Å². The third-order valence-corrected chi connectivity index (χ3v) is 3.38. The summed E-state index contributed by atoms with van der Waals surface area (Å²) in [5.74, 6) is -2.22. The molecule has 1 aliphatic carbocycles. The zero-order valence-electron chi connectivity index (χ0n) is 10.2. The van der Waals surface area contributed by atoms with E-state index in [0.29, 0.717) is 12.8 Å². The Morgan fingerprint density at radius 3 is 2.56 bits per heavy atom. The van der Waals surface area contributed by atoms with Crippen LogP contribution in [0.4, 0.5) is 13.2 Å².